The number of nitrogens with two attached hydrogens (primary N) is 1. The van der Waals surface area contributed by atoms with Crippen LogP contribution in [0.5, 0.6) is 5.75 Å². The van der Waals surface area contributed by atoms with Crippen LogP contribution < -0.4 is 16.6 Å². The first kappa shape index (κ1) is 26.7. The van der Waals surface area contributed by atoms with Crippen molar-refractivity contribution in [2.45, 2.75) is 50.7 Å². The van der Waals surface area contributed by atoms with E-state index >= 15 is 0 Å². The molecule has 0 unspecified atom stereocenters. The number of benzene rings is 2. The summed E-state index contributed by atoms with van der Waals surface area (Å²) in [6.45, 7) is 1.38. The first-order valence-electron chi connectivity index (χ1n) is 11.5. The maximum absolute atomic E-state index is 13.2. The normalized spacial score (nSPS) is 13.7. The SMILES string of the molecule is CC(=O)[C@H](Cc1c[nH]c2ccccc12)N[C@@H](CCC(=O)O)C(=O)C(=O)[C@H](Cc1ccc(O)cc1)NN. The number of para-hydroxylation sites is 1. The number of H-pyrrole nitrogens is 1. The number of aromatic nitrogens is 1. The third kappa shape index (κ3) is 6.85. The highest BCUT2D eigenvalue weighted by Gasteiger charge is 2.33. The molecule has 3 aromatic rings. The van der Waals surface area contributed by atoms with Gasteiger partial charge in [0.15, 0.2) is 0 Å². The van der Waals surface area contributed by atoms with E-state index in [9.17, 15) is 29.4 Å². The zero-order valence-electron chi connectivity index (χ0n) is 19.9. The van der Waals surface area contributed by atoms with Crippen LogP contribution in [0.25, 0.3) is 10.9 Å². The molecule has 36 heavy (non-hydrogen) atoms. The number of aromatic hydroxyl groups is 1. The fourth-order valence-electron chi connectivity index (χ4n) is 4.08. The molecule has 0 aliphatic carbocycles. The van der Waals surface area contributed by atoms with E-state index in [4.69, 9.17) is 5.84 Å². The van der Waals surface area contributed by atoms with E-state index < -0.39 is 35.7 Å². The number of hydrazine groups is 1. The molecule has 10 nitrogen and oxygen atoms in total. The number of fused-ring (bicyclic) bond motifs is 1. The Bertz CT molecular complexity index is 1240. The van der Waals surface area contributed by atoms with E-state index in [0.717, 1.165) is 16.5 Å². The maximum Gasteiger partial charge on any atom is 0.303 e. The van der Waals surface area contributed by atoms with Gasteiger partial charge in [0.1, 0.15) is 11.5 Å². The van der Waals surface area contributed by atoms with Crippen LogP contribution in [-0.2, 0) is 32.0 Å². The number of carboxylic acids is 1. The zero-order chi connectivity index (χ0) is 26.2. The molecule has 0 aliphatic rings. The maximum atomic E-state index is 13.2. The molecule has 0 amide bonds. The topological polar surface area (TPSA) is 175 Å². The number of nitrogens with one attached hydrogen (secondary N) is 3. The summed E-state index contributed by atoms with van der Waals surface area (Å²) >= 11 is 0. The molecular weight excluding hydrogens is 464 g/mol. The van der Waals surface area contributed by atoms with Crippen molar-refractivity contribution in [3.8, 4) is 5.75 Å². The van der Waals surface area contributed by atoms with Gasteiger partial charge in [-0.1, -0.05) is 30.3 Å². The summed E-state index contributed by atoms with van der Waals surface area (Å²) in [5.74, 6) is 2.55. The van der Waals surface area contributed by atoms with Gasteiger partial charge in [0.05, 0.1) is 18.1 Å². The van der Waals surface area contributed by atoms with Gasteiger partial charge in [-0.25, -0.2) is 5.43 Å². The molecule has 0 saturated carbocycles. The number of ketones is 3. The Morgan fingerprint density at radius 3 is 2.25 bits per heavy atom. The number of phenols is 1. The Balaban J connectivity index is 1.79. The summed E-state index contributed by atoms with van der Waals surface area (Å²) in [5.41, 5.74) is 4.76. The Labute approximate surface area is 207 Å². The number of carbonyl (C=O) groups excluding carboxylic acids is 3. The second kappa shape index (κ2) is 12.2. The quantitative estimate of drug-likeness (QED) is 0.110. The zero-order valence-corrected chi connectivity index (χ0v) is 19.9. The number of Topliss-reactive ketones (excluding diaryl/α,β-unsaturated/α-hetero) is 3. The molecule has 3 atom stereocenters. The lowest BCUT2D eigenvalue weighted by Crippen LogP contribution is -2.54. The van der Waals surface area contributed by atoms with E-state index in [1.54, 1.807) is 18.3 Å². The van der Waals surface area contributed by atoms with E-state index in [1.165, 1.54) is 19.1 Å². The van der Waals surface area contributed by atoms with Gasteiger partial charge in [-0.3, -0.25) is 30.3 Å². The summed E-state index contributed by atoms with van der Waals surface area (Å²) in [6, 6.07) is 10.6. The van der Waals surface area contributed by atoms with Gasteiger partial charge in [0, 0.05) is 23.5 Å². The summed E-state index contributed by atoms with van der Waals surface area (Å²) in [7, 11) is 0. The fourth-order valence-corrected chi connectivity index (χ4v) is 4.08. The highest BCUT2D eigenvalue weighted by atomic mass is 16.4. The van der Waals surface area contributed by atoms with Gasteiger partial charge in [-0.2, -0.15) is 0 Å². The van der Waals surface area contributed by atoms with Crippen LogP contribution in [0.4, 0.5) is 0 Å². The van der Waals surface area contributed by atoms with Crippen molar-refractivity contribution in [1.82, 2.24) is 15.7 Å². The molecule has 2 aromatic carbocycles. The number of hydrogen-bond acceptors (Lipinski definition) is 8. The first-order chi connectivity index (χ1) is 17.2. The van der Waals surface area contributed by atoms with E-state index in [2.05, 4.69) is 15.7 Å². The number of aromatic amines is 1. The van der Waals surface area contributed by atoms with Gasteiger partial charge in [0.25, 0.3) is 0 Å². The number of carbonyl (C=O) groups is 4. The average molecular weight is 495 g/mol. The molecule has 0 bridgehead atoms. The third-order valence-electron chi connectivity index (χ3n) is 6.09. The van der Waals surface area contributed by atoms with Crippen LogP contribution in [0.3, 0.4) is 0 Å². The Morgan fingerprint density at radius 2 is 1.61 bits per heavy atom. The van der Waals surface area contributed by atoms with Crippen LogP contribution in [0.2, 0.25) is 0 Å². The molecule has 0 aliphatic heterocycles. The summed E-state index contributed by atoms with van der Waals surface area (Å²) in [6.07, 6.45) is 1.57. The van der Waals surface area contributed by atoms with Crippen molar-refractivity contribution in [2.75, 3.05) is 0 Å². The fraction of sp³-hybridized carbons (Fsp3) is 0.308. The van der Waals surface area contributed by atoms with Gasteiger partial charge in [-0.15, -0.1) is 0 Å². The second-order valence-corrected chi connectivity index (χ2v) is 8.70. The molecule has 10 heteroatoms. The molecule has 190 valence electrons. The predicted octanol–water partition coefficient (Wildman–Crippen LogP) is 1.41. The Kier molecular flexibility index (Phi) is 9.07. The molecule has 0 spiro atoms. The number of phenolic OH excluding ortho intramolecular Hbond substituents is 1. The Morgan fingerprint density at radius 1 is 0.944 bits per heavy atom. The van der Waals surface area contributed by atoms with Crippen molar-refractivity contribution in [1.29, 1.82) is 0 Å². The summed E-state index contributed by atoms with van der Waals surface area (Å²) in [4.78, 5) is 53.1. The highest BCUT2D eigenvalue weighted by molar-refractivity contribution is 6.41. The summed E-state index contributed by atoms with van der Waals surface area (Å²) in [5, 5.41) is 22.5. The van der Waals surface area contributed by atoms with Crippen LogP contribution >= 0.6 is 0 Å². The van der Waals surface area contributed by atoms with Crippen LogP contribution in [-0.4, -0.2) is 56.6 Å². The molecule has 0 fully saturated rings. The molecule has 7 N–H and O–H groups in total. The predicted molar refractivity (Wildman–Crippen MR) is 133 cm³/mol. The molecule has 0 radical (unpaired) electrons. The Hall–Kier alpha value is -3.86. The molecule has 3 rings (SSSR count). The lowest BCUT2D eigenvalue weighted by molar-refractivity contribution is -0.140. The van der Waals surface area contributed by atoms with Gasteiger partial charge in [-0.05, 0) is 55.5 Å². The van der Waals surface area contributed by atoms with Crippen molar-refractivity contribution >= 4 is 34.2 Å². The molecule has 1 heterocycles. The smallest absolute Gasteiger partial charge is 0.303 e. The van der Waals surface area contributed by atoms with Crippen molar-refractivity contribution in [3.05, 3.63) is 65.9 Å². The lowest BCUT2D eigenvalue weighted by atomic mass is 9.93. The van der Waals surface area contributed by atoms with Gasteiger partial charge in [0.2, 0.25) is 11.6 Å². The van der Waals surface area contributed by atoms with Crippen molar-refractivity contribution in [2.24, 2.45) is 5.84 Å². The molecular formula is C26H30N4O6. The van der Waals surface area contributed by atoms with Crippen LogP contribution in [0.1, 0.15) is 30.9 Å². The average Bonchev–Trinajstić information content (AvgIpc) is 3.27. The summed E-state index contributed by atoms with van der Waals surface area (Å²) < 4.78 is 0. The minimum Gasteiger partial charge on any atom is -0.508 e. The van der Waals surface area contributed by atoms with E-state index in [-0.39, 0.29) is 37.2 Å². The first-order valence-corrected chi connectivity index (χ1v) is 11.5. The molecule has 0 saturated heterocycles. The lowest BCUT2D eigenvalue weighted by Gasteiger charge is -2.24. The largest absolute Gasteiger partial charge is 0.508 e. The standard InChI is InChI=1S/C26H30N4O6/c1-15(31)22(13-17-14-28-20-5-3-2-4-19(17)20)29-21(10-11-24(33)34)25(35)26(36)23(30-27)12-16-6-8-18(32)9-7-16/h2-9,14,21-23,28-30,32H,10-13,27H2,1H3,(H,33,34)/t21-,22-,23-/m0/s1. The highest BCUT2D eigenvalue weighted by Crippen LogP contribution is 2.20. The third-order valence-corrected chi connectivity index (χ3v) is 6.09. The minimum atomic E-state index is -1.19. The number of hydrogen-bond donors (Lipinski definition) is 6. The van der Waals surface area contributed by atoms with Crippen LogP contribution in [0.15, 0.2) is 54.7 Å². The number of rotatable bonds is 14. The monoisotopic (exact) mass is 494 g/mol. The van der Waals surface area contributed by atoms with E-state index in [0.29, 0.717) is 5.56 Å². The number of aliphatic carboxylic acids is 1. The van der Waals surface area contributed by atoms with E-state index in [1.807, 2.05) is 24.3 Å². The molecule has 1 aromatic heterocycles. The number of carboxylic acid groups (broad SMARTS) is 1. The van der Waals surface area contributed by atoms with Crippen molar-refractivity contribution < 1.29 is 29.4 Å². The van der Waals surface area contributed by atoms with Crippen LogP contribution in [0, 0.1) is 0 Å². The van der Waals surface area contributed by atoms with Gasteiger partial charge >= 0.3 is 5.97 Å². The van der Waals surface area contributed by atoms with Crippen molar-refractivity contribution in [3.63, 3.8) is 0 Å². The second-order valence-electron chi connectivity index (χ2n) is 8.70. The van der Waals surface area contributed by atoms with Gasteiger partial charge < -0.3 is 15.2 Å². The minimum absolute atomic E-state index is 0.0572.